The van der Waals surface area contributed by atoms with Crippen LogP contribution in [0.1, 0.15) is 42.5 Å². The molecule has 2 aromatic rings. The van der Waals surface area contributed by atoms with E-state index in [1.165, 1.54) is 6.92 Å². The van der Waals surface area contributed by atoms with Gasteiger partial charge in [-0.1, -0.05) is 0 Å². The van der Waals surface area contributed by atoms with Gasteiger partial charge in [0.05, 0.1) is 6.54 Å². The molecule has 1 heterocycles. The van der Waals surface area contributed by atoms with E-state index in [1.807, 2.05) is 26.8 Å². The van der Waals surface area contributed by atoms with Crippen LogP contribution in [0.15, 0.2) is 30.3 Å². The number of anilines is 2. The topological polar surface area (TPSA) is 84.6 Å². The SMILES string of the molecule is CCn1c(C)cc(C(=O)C[NH+](CC)CC(=O)Nc2ccc(NC(C)=O)cc2)c1C. The number of ketones is 1. The second-order valence-corrected chi connectivity index (χ2v) is 7.22. The van der Waals surface area contributed by atoms with Crippen LogP contribution >= 0.6 is 0 Å². The van der Waals surface area contributed by atoms with E-state index < -0.39 is 0 Å². The quantitative estimate of drug-likeness (QED) is 0.562. The number of hydrogen-bond acceptors (Lipinski definition) is 3. The summed E-state index contributed by atoms with van der Waals surface area (Å²) in [7, 11) is 0. The highest BCUT2D eigenvalue weighted by molar-refractivity contribution is 5.98. The zero-order valence-corrected chi connectivity index (χ0v) is 17.9. The van der Waals surface area contributed by atoms with Crippen LogP contribution in [-0.4, -0.2) is 41.8 Å². The lowest BCUT2D eigenvalue weighted by Gasteiger charge is -2.17. The minimum absolute atomic E-state index is 0.0575. The molecule has 0 radical (unpaired) electrons. The van der Waals surface area contributed by atoms with Crippen molar-refractivity contribution in [2.45, 2.75) is 41.2 Å². The van der Waals surface area contributed by atoms with Gasteiger partial charge in [-0.2, -0.15) is 0 Å². The van der Waals surface area contributed by atoms with Crippen LogP contribution in [-0.2, 0) is 16.1 Å². The van der Waals surface area contributed by atoms with Gasteiger partial charge in [-0.3, -0.25) is 14.4 Å². The number of carbonyl (C=O) groups is 3. The highest BCUT2D eigenvalue weighted by Crippen LogP contribution is 2.15. The Morgan fingerprint density at radius 3 is 2.03 bits per heavy atom. The smallest absolute Gasteiger partial charge is 0.279 e. The van der Waals surface area contributed by atoms with E-state index in [4.69, 9.17) is 0 Å². The lowest BCUT2D eigenvalue weighted by atomic mass is 10.1. The summed E-state index contributed by atoms with van der Waals surface area (Å²) in [6.07, 6.45) is 0. The molecule has 0 spiro atoms. The van der Waals surface area contributed by atoms with Crippen LogP contribution in [0, 0.1) is 13.8 Å². The second-order valence-electron chi connectivity index (χ2n) is 7.22. The molecule has 0 saturated carbocycles. The number of nitrogens with zero attached hydrogens (tertiary/aromatic N) is 1. The van der Waals surface area contributed by atoms with Crippen molar-refractivity contribution in [2.24, 2.45) is 0 Å². The summed E-state index contributed by atoms with van der Waals surface area (Å²) in [5.41, 5.74) is 4.12. The minimum atomic E-state index is -0.152. The van der Waals surface area contributed by atoms with Gasteiger partial charge in [-0.15, -0.1) is 0 Å². The van der Waals surface area contributed by atoms with Crippen LogP contribution in [0.5, 0.6) is 0 Å². The fourth-order valence-electron chi connectivity index (χ4n) is 3.48. The van der Waals surface area contributed by atoms with Gasteiger partial charge >= 0.3 is 0 Å². The minimum Gasteiger partial charge on any atom is -0.349 e. The molecule has 29 heavy (non-hydrogen) atoms. The molecule has 0 saturated heterocycles. The van der Waals surface area contributed by atoms with Gasteiger partial charge in [0, 0.05) is 41.8 Å². The number of hydrogen-bond donors (Lipinski definition) is 3. The lowest BCUT2D eigenvalue weighted by Crippen LogP contribution is -3.13. The Hall–Kier alpha value is -2.93. The zero-order chi connectivity index (χ0) is 21.6. The number of carbonyl (C=O) groups excluding carboxylic acids is 3. The highest BCUT2D eigenvalue weighted by atomic mass is 16.2. The lowest BCUT2D eigenvalue weighted by molar-refractivity contribution is -0.881. The van der Waals surface area contributed by atoms with Crippen LogP contribution in [0.25, 0.3) is 0 Å². The van der Waals surface area contributed by atoms with Crippen LogP contribution in [0.3, 0.4) is 0 Å². The van der Waals surface area contributed by atoms with Gasteiger partial charge in [-0.05, 0) is 58.0 Å². The van der Waals surface area contributed by atoms with Crippen LogP contribution in [0.4, 0.5) is 11.4 Å². The number of aromatic nitrogens is 1. The van der Waals surface area contributed by atoms with E-state index >= 15 is 0 Å². The van der Waals surface area contributed by atoms with Crippen molar-refractivity contribution >= 4 is 29.0 Å². The predicted octanol–water partition coefficient (Wildman–Crippen LogP) is 1.81. The first-order chi connectivity index (χ1) is 13.7. The van der Waals surface area contributed by atoms with Crippen molar-refractivity contribution < 1.29 is 19.3 Å². The molecule has 1 aromatic carbocycles. The fourth-order valence-corrected chi connectivity index (χ4v) is 3.48. The average molecular weight is 400 g/mol. The van der Waals surface area contributed by atoms with Crippen molar-refractivity contribution in [3.63, 3.8) is 0 Å². The van der Waals surface area contributed by atoms with Crippen LogP contribution < -0.4 is 15.5 Å². The zero-order valence-electron chi connectivity index (χ0n) is 17.9. The Balaban J connectivity index is 1.96. The van der Waals surface area contributed by atoms with Gasteiger partial charge in [0.1, 0.15) is 6.54 Å². The Kier molecular flexibility index (Phi) is 7.73. The Morgan fingerprint density at radius 2 is 1.55 bits per heavy atom. The number of amides is 2. The maximum absolute atomic E-state index is 12.8. The van der Waals surface area contributed by atoms with E-state index in [9.17, 15) is 14.4 Å². The molecule has 0 aliphatic heterocycles. The Labute approximate surface area is 172 Å². The van der Waals surface area contributed by atoms with Gasteiger partial charge in [0.25, 0.3) is 5.91 Å². The molecule has 0 aliphatic rings. The van der Waals surface area contributed by atoms with Crippen LogP contribution in [0.2, 0.25) is 0 Å². The second kappa shape index (κ2) is 10.0. The van der Waals surface area contributed by atoms with Gasteiger partial charge < -0.3 is 20.1 Å². The Morgan fingerprint density at radius 1 is 0.966 bits per heavy atom. The molecule has 1 aromatic heterocycles. The van der Waals surface area contributed by atoms with Crippen molar-refractivity contribution in [1.82, 2.24) is 4.57 Å². The van der Waals surface area contributed by atoms with Crippen molar-refractivity contribution in [2.75, 3.05) is 30.3 Å². The summed E-state index contributed by atoms with van der Waals surface area (Å²) >= 11 is 0. The van der Waals surface area contributed by atoms with Gasteiger partial charge in [0.15, 0.2) is 6.54 Å². The highest BCUT2D eigenvalue weighted by Gasteiger charge is 2.21. The summed E-state index contributed by atoms with van der Waals surface area (Å²) in [6, 6.07) is 8.87. The first-order valence-corrected chi connectivity index (χ1v) is 9.96. The van der Waals surface area contributed by atoms with E-state index in [2.05, 4.69) is 22.1 Å². The number of Topliss-reactive ketones (excluding diaryl/α,β-unsaturated/α-hetero) is 1. The standard InChI is InChI=1S/C22H30N4O3/c1-6-25(13-21(28)20-12-15(3)26(7-2)16(20)4)14-22(29)24-19-10-8-18(9-11-19)23-17(5)27/h8-12H,6-7,13-14H2,1-5H3,(H,23,27)(H,24,29)/p+1. The van der Waals surface area contributed by atoms with E-state index in [-0.39, 0.29) is 30.7 Å². The third-order valence-electron chi connectivity index (χ3n) is 5.00. The largest absolute Gasteiger partial charge is 0.349 e. The first-order valence-electron chi connectivity index (χ1n) is 9.96. The predicted molar refractivity (Wildman–Crippen MR) is 115 cm³/mol. The molecule has 3 N–H and O–H groups in total. The molecule has 156 valence electrons. The third-order valence-corrected chi connectivity index (χ3v) is 5.00. The van der Waals surface area contributed by atoms with Crippen molar-refractivity contribution in [3.05, 3.63) is 47.3 Å². The fraction of sp³-hybridized carbons (Fsp3) is 0.409. The van der Waals surface area contributed by atoms with Gasteiger partial charge in [0.2, 0.25) is 11.7 Å². The molecular formula is C22H31N4O3+. The molecule has 2 amide bonds. The maximum Gasteiger partial charge on any atom is 0.279 e. The molecule has 1 unspecified atom stereocenters. The average Bonchev–Trinajstić information content (AvgIpc) is 2.95. The van der Waals surface area contributed by atoms with E-state index in [1.54, 1.807) is 24.3 Å². The summed E-state index contributed by atoms with van der Waals surface area (Å²) < 4.78 is 2.12. The molecule has 0 bridgehead atoms. The molecule has 1 atom stereocenters. The molecule has 7 heteroatoms. The molecule has 7 nitrogen and oxygen atoms in total. The Bertz CT molecular complexity index is 884. The molecule has 2 rings (SSSR count). The third kappa shape index (κ3) is 6.02. The number of quaternary nitrogens is 1. The number of benzene rings is 1. The summed E-state index contributed by atoms with van der Waals surface area (Å²) in [6.45, 7) is 11.4. The van der Waals surface area contributed by atoms with E-state index in [0.29, 0.717) is 17.9 Å². The molecule has 0 fully saturated rings. The molecule has 0 aliphatic carbocycles. The number of nitrogens with one attached hydrogen (secondary N) is 3. The monoisotopic (exact) mass is 399 g/mol. The number of rotatable bonds is 9. The summed E-state index contributed by atoms with van der Waals surface area (Å²) in [4.78, 5) is 37.2. The molecular weight excluding hydrogens is 368 g/mol. The van der Waals surface area contributed by atoms with Crippen molar-refractivity contribution in [3.8, 4) is 0 Å². The van der Waals surface area contributed by atoms with Gasteiger partial charge in [-0.25, -0.2) is 0 Å². The van der Waals surface area contributed by atoms with E-state index in [0.717, 1.165) is 28.4 Å². The number of aryl methyl sites for hydroxylation is 1. The normalized spacial score (nSPS) is 11.8. The van der Waals surface area contributed by atoms with Crippen molar-refractivity contribution in [1.29, 1.82) is 0 Å². The summed E-state index contributed by atoms with van der Waals surface area (Å²) in [5.74, 6) is -0.239. The first kappa shape index (κ1) is 22.4. The maximum atomic E-state index is 12.8. The summed E-state index contributed by atoms with van der Waals surface area (Å²) in [5, 5.41) is 5.53. The number of likely N-dealkylation sites (N-methyl/N-ethyl adjacent to an activating group) is 1.